The van der Waals surface area contributed by atoms with Gasteiger partial charge in [0.1, 0.15) is 11.4 Å². The van der Waals surface area contributed by atoms with Crippen molar-refractivity contribution < 1.29 is 14.6 Å². The third-order valence-corrected chi connectivity index (χ3v) is 4.54. The summed E-state index contributed by atoms with van der Waals surface area (Å²) in [6, 6.07) is 15.9. The Morgan fingerprint density at radius 1 is 1.15 bits per heavy atom. The van der Waals surface area contributed by atoms with Gasteiger partial charge in [-0.1, -0.05) is 30.3 Å². The first-order valence-electron chi connectivity index (χ1n) is 8.83. The van der Waals surface area contributed by atoms with Crippen molar-refractivity contribution in [3.05, 3.63) is 65.4 Å². The summed E-state index contributed by atoms with van der Waals surface area (Å²) in [7, 11) is 1.80. The summed E-state index contributed by atoms with van der Waals surface area (Å²) < 4.78 is 7.20. The molecule has 0 aliphatic heterocycles. The Morgan fingerprint density at radius 3 is 2.58 bits per heavy atom. The van der Waals surface area contributed by atoms with Crippen molar-refractivity contribution in [2.45, 2.75) is 19.9 Å². The van der Waals surface area contributed by atoms with E-state index >= 15 is 0 Å². The van der Waals surface area contributed by atoms with E-state index in [1.54, 1.807) is 11.6 Å². The molecule has 0 saturated carbocycles. The minimum Gasteiger partial charge on any atom is -0.494 e. The van der Waals surface area contributed by atoms with Crippen molar-refractivity contribution in [3.63, 3.8) is 0 Å². The molecule has 2 aromatic carbocycles. The smallest absolute Gasteiger partial charge is 0.352 e. The lowest BCUT2D eigenvalue weighted by atomic mass is 10.1. The quantitative estimate of drug-likeness (QED) is 0.608. The van der Waals surface area contributed by atoms with Crippen LogP contribution in [0.15, 0.2) is 48.5 Å². The maximum Gasteiger partial charge on any atom is 0.352 e. The van der Waals surface area contributed by atoms with Gasteiger partial charge in [0.25, 0.3) is 0 Å². The average Bonchev–Trinajstić information content (AvgIpc) is 2.93. The molecule has 136 valence electrons. The molecule has 2 N–H and O–H groups in total. The van der Waals surface area contributed by atoms with Crippen LogP contribution in [0.3, 0.4) is 0 Å². The lowest BCUT2D eigenvalue weighted by Gasteiger charge is -2.07. The van der Waals surface area contributed by atoms with Gasteiger partial charge in [-0.05, 0) is 43.7 Å². The Labute approximate surface area is 153 Å². The first-order valence-corrected chi connectivity index (χ1v) is 8.83. The summed E-state index contributed by atoms with van der Waals surface area (Å²) in [6.07, 6.45) is 0.875. The second-order valence-corrected chi connectivity index (χ2v) is 6.21. The number of aromatic nitrogens is 1. The molecule has 3 aromatic rings. The van der Waals surface area contributed by atoms with Crippen LogP contribution in [0.1, 0.15) is 28.5 Å². The van der Waals surface area contributed by atoms with Crippen molar-refractivity contribution in [3.8, 4) is 5.75 Å². The molecule has 1 aromatic heterocycles. The lowest BCUT2D eigenvalue weighted by molar-refractivity contribution is 0.0685. The van der Waals surface area contributed by atoms with Crippen LogP contribution in [0.2, 0.25) is 0 Å². The number of aromatic carboxylic acids is 1. The Hall–Kier alpha value is -2.79. The number of carboxylic acid groups (broad SMARTS) is 1. The number of nitrogens with zero attached hydrogens (tertiary/aromatic N) is 1. The molecular formula is C21H24N2O3. The number of carbonyl (C=O) groups is 1. The highest BCUT2D eigenvalue weighted by atomic mass is 16.5. The summed E-state index contributed by atoms with van der Waals surface area (Å²) >= 11 is 0. The van der Waals surface area contributed by atoms with E-state index in [-0.39, 0.29) is 0 Å². The van der Waals surface area contributed by atoms with Crippen LogP contribution < -0.4 is 10.1 Å². The number of fused-ring (bicyclic) bond motifs is 1. The number of ether oxygens (including phenoxy) is 1. The summed E-state index contributed by atoms with van der Waals surface area (Å²) in [6.45, 7) is 3.94. The van der Waals surface area contributed by atoms with E-state index in [2.05, 4.69) is 17.4 Å². The number of nitrogens with one attached hydrogen (secondary N) is 1. The highest BCUT2D eigenvalue weighted by Crippen LogP contribution is 2.25. The summed E-state index contributed by atoms with van der Waals surface area (Å²) in [5.74, 6) is -0.0157. The maximum atomic E-state index is 11.7. The van der Waals surface area contributed by atoms with Crippen LogP contribution >= 0.6 is 0 Å². The number of hydrogen-bond acceptors (Lipinski definition) is 3. The van der Waals surface area contributed by atoms with E-state index in [1.165, 1.54) is 5.56 Å². The van der Waals surface area contributed by atoms with Gasteiger partial charge in [0.05, 0.1) is 6.61 Å². The number of carboxylic acids is 1. The van der Waals surface area contributed by atoms with E-state index in [1.807, 2.05) is 43.3 Å². The van der Waals surface area contributed by atoms with E-state index in [0.717, 1.165) is 35.2 Å². The molecule has 0 saturated heterocycles. The van der Waals surface area contributed by atoms with Gasteiger partial charge in [-0.2, -0.15) is 0 Å². The molecule has 0 spiro atoms. The number of aryl methyl sites for hydroxylation is 1. The predicted octanol–water partition coefficient (Wildman–Crippen LogP) is 3.61. The Kier molecular flexibility index (Phi) is 5.58. The van der Waals surface area contributed by atoms with E-state index in [9.17, 15) is 9.90 Å². The van der Waals surface area contributed by atoms with Gasteiger partial charge < -0.3 is 19.7 Å². The summed E-state index contributed by atoms with van der Waals surface area (Å²) in [4.78, 5) is 11.7. The second-order valence-electron chi connectivity index (χ2n) is 6.21. The topological polar surface area (TPSA) is 63.5 Å². The highest BCUT2D eigenvalue weighted by molar-refractivity contribution is 5.98. The summed E-state index contributed by atoms with van der Waals surface area (Å²) in [5.41, 5.74) is 3.34. The lowest BCUT2D eigenvalue weighted by Crippen LogP contribution is -2.19. The maximum absolute atomic E-state index is 11.7. The van der Waals surface area contributed by atoms with E-state index in [0.29, 0.717) is 18.8 Å². The van der Waals surface area contributed by atoms with Crippen molar-refractivity contribution in [2.24, 2.45) is 7.05 Å². The normalized spacial score (nSPS) is 11.0. The van der Waals surface area contributed by atoms with Gasteiger partial charge >= 0.3 is 5.97 Å². The molecule has 3 rings (SSSR count). The predicted molar refractivity (Wildman–Crippen MR) is 103 cm³/mol. The van der Waals surface area contributed by atoms with Crippen molar-refractivity contribution >= 4 is 16.9 Å². The van der Waals surface area contributed by atoms with Crippen LogP contribution in [-0.4, -0.2) is 28.8 Å². The van der Waals surface area contributed by atoms with Crippen LogP contribution in [0.4, 0.5) is 0 Å². The second kappa shape index (κ2) is 8.06. The molecule has 1 heterocycles. The Balaban J connectivity index is 1.66. The van der Waals surface area contributed by atoms with Crippen LogP contribution in [0.5, 0.6) is 5.75 Å². The zero-order valence-corrected chi connectivity index (χ0v) is 15.2. The van der Waals surface area contributed by atoms with Gasteiger partial charge in [0.2, 0.25) is 0 Å². The van der Waals surface area contributed by atoms with Gasteiger partial charge in [0, 0.05) is 30.1 Å². The van der Waals surface area contributed by atoms with Gasteiger partial charge in [-0.3, -0.25) is 0 Å². The molecule has 0 radical (unpaired) electrons. The van der Waals surface area contributed by atoms with Crippen molar-refractivity contribution in [1.82, 2.24) is 9.88 Å². The standard InChI is InChI=1S/C21H24N2O3/c1-3-26-16-10-8-15(9-11-16)12-13-22-14-18-17-6-4-5-7-19(17)23(2)20(18)21(24)25/h4-11,22H,3,12-14H2,1-2H3,(H,24,25). The zero-order chi connectivity index (χ0) is 18.5. The fourth-order valence-electron chi connectivity index (χ4n) is 3.29. The van der Waals surface area contributed by atoms with Gasteiger partial charge in [0.15, 0.2) is 0 Å². The number of para-hydroxylation sites is 1. The molecule has 0 aliphatic rings. The molecule has 5 heteroatoms. The molecule has 0 amide bonds. The number of benzene rings is 2. The Bertz CT molecular complexity index is 898. The largest absolute Gasteiger partial charge is 0.494 e. The first kappa shape index (κ1) is 18.0. The van der Waals surface area contributed by atoms with Gasteiger partial charge in [-0.25, -0.2) is 4.79 Å². The third-order valence-electron chi connectivity index (χ3n) is 4.54. The molecule has 0 bridgehead atoms. The molecule has 26 heavy (non-hydrogen) atoms. The van der Waals surface area contributed by atoms with Crippen molar-refractivity contribution in [2.75, 3.05) is 13.2 Å². The zero-order valence-electron chi connectivity index (χ0n) is 15.2. The molecule has 5 nitrogen and oxygen atoms in total. The third kappa shape index (κ3) is 3.73. The highest BCUT2D eigenvalue weighted by Gasteiger charge is 2.19. The molecular weight excluding hydrogens is 328 g/mol. The van der Waals surface area contributed by atoms with E-state index in [4.69, 9.17) is 4.74 Å². The molecule has 0 fully saturated rings. The SMILES string of the molecule is CCOc1ccc(CCNCc2c(C(=O)O)n(C)c3ccccc23)cc1. The summed E-state index contributed by atoms with van der Waals surface area (Å²) in [5, 5.41) is 14.0. The van der Waals surface area contributed by atoms with E-state index < -0.39 is 5.97 Å². The Morgan fingerprint density at radius 2 is 1.88 bits per heavy atom. The number of rotatable bonds is 8. The molecule has 0 aliphatic carbocycles. The minimum absolute atomic E-state index is 0.347. The van der Waals surface area contributed by atoms with Crippen molar-refractivity contribution in [1.29, 1.82) is 0 Å². The minimum atomic E-state index is -0.896. The fraction of sp³-hybridized carbons (Fsp3) is 0.286. The average molecular weight is 352 g/mol. The number of hydrogen-bond donors (Lipinski definition) is 2. The van der Waals surface area contributed by atoms with Gasteiger partial charge in [-0.15, -0.1) is 0 Å². The van der Waals surface area contributed by atoms with Crippen LogP contribution in [-0.2, 0) is 20.0 Å². The fourth-order valence-corrected chi connectivity index (χ4v) is 3.29. The van der Waals surface area contributed by atoms with Crippen LogP contribution in [0, 0.1) is 0 Å². The first-order chi connectivity index (χ1) is 12.6. The molecule has 0 atom stereocenters. The monoisotopic (exact) mass is 352 g/mol. The van der Waals surface area contributed by atoms with Crippen LogP contribution in [0.25, 0.3) is 10.9 Å². The molecule has 0 unspecified atom stereocenters.